The molecule has 0 radical (unpaired) electrons. The zero-order chi connectivity index (χ0) is 21.3. The Balaban J connectivity index is 0.000000196. The topological polar surface area (TPSA) is 50.8 Å². The number of carbonyl (C=O) groups excluding carboxylic acids is 1. The lowest BCUT2D eigenvalue weighted by molar-refractivity contribution is -0.107. The Bertz CT molecular complexity index is 973. The van der Waals surface area contributed by atoms with Gasteiger partial charge in [0.2, 0.25) is 6.41 Å². The van der Waals surface area contributed by atoms with Crippen molar-refractivity contribution in [1.29, 1.82) is 0 Å². The predicted octanol–water partition coefficient (Wildman–Crippen LogP) is 4.83. The molecule has 1 aliphatic rings. The predicted molar refractivity (Wildman–Crippen MR) is 122 cm³/mol. The Morgan fingerprint density at radius 1 is 1.03 bits per heavy atom. The van der Waals surface area contributed by atoms with Gasteiger partial charge < -0.3 is 19.7 Å². The van der Waals surface area contributed by atoms with E-state index in [-0.39, 0.29) is 0 Å². The highest BCUT2D eigenvalue weighted by molar-refractivity contribution is 5.79. The summed E-state index contributed by atoms with van der Waals surface area (Å²) in [4.78, 5) is 12.2. The van der Waals surface area contributed by atoms with E-state index in [0.29, 0.717) is 6.61 Å². The largest absolute Gasteiger partial charge is 0.493 e. The van der Waals surface area contributed by atoms with Crippen LogP contribution < -0.4 is 19.7 Å². The number of methoxy groups -OCH3 is 1. The van der Waals surface area contributed by atoms with Gasteiger partial charge in [-0.1, -0.05) is 48.5 Å². The lowest BCUT2D eigenvalue weighted by atomic mass is 10.1. The summed E-state index contributed by atoms with van der Waals surface area (Å²) in [5.74, 6) is 1.51. The minimum atomic E-state index is 0.531. The number of para-hydroxylation sites is 1. The van der Waals surface area contributed by atoms with Crippen LogP contribution in [0, 0.1) is 6.92 Å². The zero-order valence-corrected chi connectivity index (χ0v) is 17.7. The minimum Gasteiger partial charge on any atom is -0.493 e. The maximum Gasteiger partial charge on any atom is 0.214 e. The summed E-state index contributed by atoms with van der Waals surface area (Å²) in [6, 6.07) is 22.1. The summed E-state index contributed by atoms with van der Waals surface area (Å²) in [5.41, 5.74) is 5.66. The van der Waals surface area contributed by atoms with Gasteiger partial charge in [0.1, 0.15) is 6.61 Å². The van der Waals surface area contributed by atoms with Crippen LogP contribution in [0.1, 0.15) is 16.7 Å². The Morgan fingerprint density at radius 3 is 2.47 bits per heavy atom. The third-order valence-electron chi connectivity index (χ3n) is 5.07. The summed E-state index contributed by atoms with van der Waals surface area (Å²) in [6.07, 6.45) is 1.89. The molecule has 4 rings (SSSR count). The van der Waals surface area contributed by atoms with Crippen LogP contribution in [0.15, 0.2) is 66.7 Å². The molecule has 1 amide bonds. The first-order chi connectivity index (χ1) is 14.7. The van der Waals surface area contributed by atoms with Crippen molar-refractivity contribution >= 4 is 17.8 Å². The maximum atomic E-state index is 10.5. The van der Waals surface area contributed by atoms with Crippen molar-refractivity contribution in [2.45, 2.75) is 20.0 Å². The van der Waals surface area contributed by atoms with Crippen LogP contribution >= 0.6 is 0 Å². The van der Waals surface area contributed by atoms with E-state index in [1.165, 1.54) is 5.56 Å². The Labute approximate surface area is 178 Å². The van der Waals surface area contributed by atoms with Gasteiger partial charge in [0.25, 0.3) is 0 Å². The number of ether oxygens (including phenoxy) is 2. The number of anilines is 2. The number of aryl methyl sites for hydroxylation is 1. The molecule has 0 spiro atoms. The van der Waals surface area contributed by atoms with Gasteiger partial charge in [0.05, 0.1) is 7.11 Å². The third kappa shape index (κ3) is 5.11. The number of carbonyl (C=O) groups is 1. The number of benzene rings is 3. The summed E-state index contributed by atoms with van der Waals surface area (Å²) >= 11 is 0. The van der Waals surface area contributed by atoms with Crippen molar-refractivity contribution in [2.24, 2.45) is 0 Å². The number of hydrogen-bond acceptors (Lipinski definition) is 4. The molecule has 0 unspecified atom stereocenters. The lowest BCUT2D eigenvalue weighted by Crippen LogP contribution is -2.16. The molecular formula is C25H28N2O3. The number of fused-ring (bicyclic) bond motifs is 1. The van der Waals surface area contributed by atoms with Crippen molar-refractivity contribution in [3.63, 3.8) is 0 Å². The molecule has 0 aromatic heterocycles. The molecular weight excluding hydrogens is 376 g/mol. The van der Waals surface area contributed by atoms with Crippen LogP contribution in [0.5, 0.6) is 11.5 Å². The molecule has 156 valence electrons. The lowest BCUT2D eigenvalue weighted by Gasteiger charge is -2.14. The SMILES string of the molecule is CNc1cc(OCc2ccccc2)c(OC)cc1C.O=CN1CCc2ccccc21. The summed E-state index contributed by atoms with van der Waals surface area (Å²) in [6.45, 7) is 3.40. The molecule has 5 nitrogen and oxygen atoms in total. The molecule has 0 saturated heterocycles. The molecule has 0 aliphatic carbocycles. The first-order valence-corrected chi connectivity index (χ1v) is 9.99. The quantitative estimate of drug-likeness (QED) is 0.598. The molecule has 5 heteroatoms. The van der Waals surface area contributed by atoms with Gasteiger partial charge in [-0.3, -0.25) is 4.79 Å². The van der Waals surface area contributed by atoms with Crippen LogP contribution in [0.3, 0.4) is 0 Å². The molecule has 0 fully saturated rings. The van der Waals surface area contributed by atoms with Crippen LogP contribution in [0.2, 0.25) is 0 Å². The standard InChI is InChI=1S/C16H19NO2.C9H9NO/c1-12-9-15(18-3)16(10-14(12)17-2)19-11-13-7-5-4-6-8-13;11-7-10-6-5-8-3-1-2-4-9(8)10/h4-10,17H,11H2,1-3H3;1-4,7H,5-6H2. The van der Waals surface area contributed by atoms with Gasteiger partial charge in [0, 0.05) is 31.0 Å². The highest BCUT2D eigenvalue weighted by atomic mass is 16.5. The average Bonchev–Trinajstić information content (AvgIpc) is 3.22. The van der Waals surface area contributed by atoms with Crippen LogP contribution in [-0.2, 0) is 17.8 Å². The van der Waals surface area contributed by atoms with Crippen molar-refractivity contribution in [1.82, 2.24) is 0 Å². The minimum absolute atomic E-state index is 0.531. The highest BCUT2D eigenvalue weighted by Gasteiger charge is 2.16. The number of rotatable bonds is 6. The van der Waals surface area contributed by atoms with Crippen molar-refractivity contribution < 1.29 is 14.3 Å². The van der Waals surface area contributed by atoms with Crippen molar-refractivity contribution in [3.8, 4) is 11.5 Å². The highest BCUT2D eigenvalue weighted by Crippen LogP contribution is 2.33. The van der Waals surface area contributed by atoms with Gasteiger partial charge >= 0.3 is 0 Å². The second-order valence-electron chi connectivity index (χ2n) is 7.02. The molecule has 0 saturated carbocycles. The fraction of sp³-hybridized carbons (Fsp3) is 0.240. The molecule has 1 N–H and O–H groups in total. The summed E-state index contributed by atoms with van der Waals surface area (Å²) in [5, 5.41) is 3.15. The molecule has 3 aromatic carbocycles. The molecule has 0 bridgehead atoms. The maximum absolute atomic E-state index is 10.5. The average molecular weight is 405 g/mol. The van der Waals surface area contributed by atoms with E-state index in [2.05, 4.69) is 11.4 Å². The normalized spacial score (nSPS) is 11.8. The second kappa shape index (κ2) is 10.3. The molecule has 1 aliphatic heterocycles. The molecule has 3 aromatic rings. The smallest absolute Gasteiger partial charge is 0.214 e. The fourth-order valence-electron chi connectivity index (χ4n) is 3.41. The number of hydrogen-bond donors (Lipinski definition) is 1. The van der Waals surface area contributed by atoms with Crippen molar-refractivity contribution in [3.05, 3.63) is 83.4 Å². The number of amides is 1. The Morgan fingerprint density at radius 2 is 1.77 bits per heavy atom. The van der Waals surface area contributed by atoms with E-state index in [1.54, 1.807) is 12.0 Å². The van der Waals surface area contributed by atoms with E-state index in [9.17, 15) is 4.79 Å². The van der Waals surface area contributed by atoms with Crippen LogP contribution in [0.4, 0.5) is 11.4 Å². The van der Waals surface area contributed by atoms with E-state index in [0.717, 1.165) is 53.4 Å². The van der Waals surface area contributed by atoms with E-state index in [4.69, 9.17) is 9.47 Å². The van der Waals surface area contributed by atoms with Gasteiger partial charge in [-0.15, -0.1) is 0 Å². The molecule has 1 heterocycles. The first kappa shape index (κ1) is 21.2. The van der Waals surface area contributed by atoms with Gasteiger partial charge in [-0.25, -0.2) is 0 Å². The number of nitrogens with zero attached hydrogens (tertiary/aromatic N) is 1. The molecule has 0 atom stereocenters. The van der Waals surface area contributed by atoms with Gasteiger partial charge in [-0.2, -0.15) is 0 Å². The summed E-state index contributed by atoms with van der Waals surface area (Å²) in [7, 11) is 3.55. The van der Waals surface area contributed by atoms with E-state index >= 15 is 0 Å². The third-order valence-corrected chi connectivity index (χ3v) is 5.07. The molecule has 30 heavy (non-hydrogen) atoms. The van der Waals surface area contributed by atoms with Gasteiger partial charge in [-0.05, 0) is 42.2 Å². The Hall–Kier alpha value is -3.47. The van der Waals surface area contributed by atoms with E-state index < -0.39 is 0 Å². The fourth-order valence-corrected chi connectivity index (χ4v) is 3.41. The van der Waals surface area contributed by atoms with Crippen LogP contribution in [0.25, 0.3) is 0 Å². The zero-order valence-electron chi connectivity index (χ0n) is 17.7. The monoisotopic (exact) mass is 404 g/mol. The first-order valence-electron chi connectivity index (χ1n) is 9.99. The summed E-state index contributed by atoms with van der Waals surface area (Å²) < 4.78 is 11.2. The van der Waals surface area contributed by atoms with Crippen LogP contribution in [-0.4, -0.2) is 27.1 Å². The van der Waals surface area contributed by atoms with Crippen molar-refractivity contribution in [2.75, 3.05) is 30.9 Å². The van der Waals surface area contributed by atoms with Gasteiger partial charge in [0.15, 0.2) is 11.5 Å². The second-order valence-corrected chi connectivity index (χ2v) is 7.02. The Kier molecular flexibility index (Phi) is 7.33. The number of nitrogens with one attached hydrogen (secondary N) is 1. The van der Waals surface area contributed by atoms with E-state index in [1.807, 2.05) is 74.6 Å².